The van der Waals surface area contributed by atoms with Crippen molar-refractivity contribution in [2.24, 2.45) is 0 Å². The smallest absolute Gasteiger partial charge is 0.319 e. The summed E-state index contributed by atoms with van der Waals surface area (Å²) in [5.41, 5.74) is 1.72. The van der Waals surface area contributed by atoms with Gasteiger partial charge in [-0.1, -0.05) is 18.2 Å². The highest BCUT2D eigenvalue weighted by Gasteiger charge is 2.23. The SMILES string of the molecule is CC1Oc2ccc(NC(=O)CCNC(=O)Nc3ccccc3)cc2NC1=O. The van der Waals surface area contributed by atoms with Crippen LogP contribution in [0, 0.1) is 0 Å². The maximum Gasteiger partial charge on any atom is 0.319 e. The van der Waals surface area contributed by atoms with Crippen LogP contribution in [-0.2, 0) is 9.59 Å². The zero-order valence-corrected chi connectivity index (χ0v) is 14.7. The van der Waals surface area contributed by atoms with E-state index in [1.54, 1.807) is 37.3 Å². The fourth-order valence-electron chi connectivity index (χ4n) is 2.50. The van der Waals surface area contributed by atoms with Gasteiger partial charge in [-0.25, -0.2) is 4.79 Å². The third-order valence-corrected chi connectivity index (χ3v) is 3.86. The van der Waals surface area contributed by atoms with Crippen LogP contribution in [0.3, 0.4) is 0 Å². The standard InChI is InChI=1S/C19H20N4O4/c1-12-18(25)23-15-11-14(7-8-16(15)27-12)21-17(24)9-10-20-19(26)22-13-5-3-2-4-6-13/h2-8,11-12H,9-10H2,1H3,(H,21,24)(H,23,25)(H2,20,22,26). The second-order valence-corrected chi connectivity index (χ2v) is 6.01. The molecular weight excluding hydrogens is 348 g/mol. The minimum Gasteiger partial charge on any atom is -0.479 e. The molecule has 0 aliphatic carbocycles. The molecule has 0 fully saturated rings. The van der Waals surface area contributed by atoms with Crippen LogP contribution in [0.4, 0.5) is 21.9 Å². The molecule has 3 rings (SSSR count). The first-order chi connectivity index (χ1) is 13.0. The summed E-state index contributed by atoms with van der Waals surface area (Å²) >= 11 is 0. The van der Waals surface area contributed by atoms with Crippen LogP contribution in [0.5, 0.6) is 5.75 Å². The Morgan fingerprint density at radius 2 is 1.85 bits per heavy atom. The van der Waals surface area contributed by atoms with Crippen molar-refractivity contribution in [2.75, 3.05) is 22.5 Å². The molecule has 0 spiro atoms. The van der Waals surface area contributed by atoms with Gasteiger partial charge in [-0.05, 0) is 37.3 Å². The number of amides is 4. The van der Waals surface area contributed by atoms with Crippen LogP contribution in [0.2, 0.25) is 0 Å². The number of hydrogen-bond acceptors (Lipinski definition) is 4. The molecule has 140 valence electrons. The zero-order chi connectivity index (χ0) is 19.2. The summed E-state index contributed by atoms with van der Waals surface area (Å²) in [4.78, 5) is 35.5. The molecule has 0 bridgehead atoms. The van der Waals surface area contributed by atoms with Crippen LogP contribution in [0.1, 0.15) is 13.3 Å². The van der Waals surface area contributed by atoms with E-state index < -0.39 is 6.10 Å². The number of carbonyl (C=O) groups excluding carboxylic acids is 3. The van der Waals surface area contributed by atoms with Crippen LogP contribution >= 0.6 is 0 Å². The lowest BCUT2D eigenvalue weighted by Crippen LogP contribution is -2.34. The predicted molar refractivity (Wildman–Crippen MR) is 102 cm³/mol. The molecule has 2 aromatic rings. The molecule has 1 aliphatic rings. The molecule has 0 radical (unpaired) electrons. The Labute approximate surface area is 156 Å². The topological polar surface area (TPSA) is 109 Å². The van der Waals surface area contributed by atoms with Gasteiger partial charge in [0.15, 0.2) is 6.10 Å². The van der Waals surface area contributed by atoms with E-state index in [1.165, 1.54) is 0 Å². The second-order valence-electron chi connectivity index (χ2n) is 6.01. The Morgan fingerprint density at radius 3 is 2.63 bits per heavy atom. The van der Waals surface area contributed by atoms with Gasteiger partial charge in [0.25, 0.3) is 5.91 Å². The van der Waals surface area contributed by atoms with E-state index >= 15 is 0 Å². The predicted octanol–water partition coefficient (Wildman–Crippen LogP) is 2.56. The molecule has 4 N–H and O–H groups in total. The van der Waals surface area contributed by atoms with Crippen molar-refractivity contribution in [3.05, 3.63) is 48.5 Å². The van der Waals surface area contributed by atoms with Crippen molar-refractivity contribution < 1.29 is 19.1 Å². The lowest BCUT2D eigenvalue weighted by molar-refractivity contribution is -0.122. The Morgan fingerprint density at radius 1 is 1.07 bits per heavy atom. The lowest BCUT2D eigenvalue weighted by atomic mass is 10.2. The number of anilines is 3. The summed E-state index contributed by atoms with van der Waals surface area (Å²) in [5, 5.41) is 10.7. The van der Waals surface area contributed by atoms with Crippen molar-refractivity contribution >= 4 is 34.9 Å². The fraction of sp³-hybridized carbons (Fsp3) is 0.211. The van der Waals surface area contributed by atoms with E-state index in [4.69, 9.17) is 4.74 Å². The summed E-state index contributed by atoms with van der Waals surface area (Å²) in [5.74, 6) is 0.0605. The quantitative estimate of drug-likeness (QED) is 0.650. The van der Waals surface area contributed by atoms with Crippen LogP contribution in [0.25, 0.3) is 0 Å². The van der Waals surface area contributed by atoms with Crippen molar-refractivity contribution in [3.8, 4) is 5.75 Å². The molecule has 0 saturated carbocycles. The molecule has 1 atom stereocenters. The molecule has 4 amide bonds. The maximum absolute atomic E-state index is 12.0. The Balaban J connectivity index is 1.45. The molecule has 1 aliphatic heterocycles. The Kier molecular flexibility index (Phi) is 5.55. The highest BCUT2D eigenvalue weighted by Crippen LogP contribution is 2.32. The number of carbonyl (C=O) groups is 3. The minimum atomic E-state index is -0.550. The lowest BCUT2D eigenvalue weighted by Gasteiger charge is -2.23. The van der Waals surface area contributed by atoms with Crippen molar-refractivity contribution in [3.63, 3.8) is 0 Å². The van der Waals surface area contributed by atoms with E-state index in [1.807, 2.05) is 18.2 Å². The first-order valence-electron chi connectivity index (χ1n) is 8.52. The third kappa shape index (κ3) is 4.97. The maximum atomic E-state index is 12.0. The van der Waals surface area contributed by atoms with Gasteiger partial charge in [-0.15, -0.1) is 0 Å². The van der Waals surface area contributed by atoms with Gasteiger partial charge in [0, 0.05) is 24.3 Å². The zero-order valence-electron chi connectivity index (χ0n) is 14.7. The first kappa shape index (κ1) is 18.2. The summed E-state index contributed by atoms with van der Waals surface area (Å²) in [6.07, 6.45) is -0.440. The molecule has 2 aromatic carbocycles. The number of rotatable bonds is 5. The third-order valence-electron chi connectivity index (χ3n) is 3.86. The number of benzene rings is 2. The monoisotopic (exact) mass is 368 g/mol. The van der Waals surface area contributed by atoms with Gasteiger partial charge in [0.1, 0.15) is 5.75 Å². The fourth-order valence-corrected chi connectivity index (χ4v) is 2.50. The average molecular weight is 368 g/mol. The number of urea groups is 1. The van der Waals surface area contributed by atoms with Crippen molar-refractivity contribution in [2.45, 2.75) is 19.4 Å². The number of para-hydroxylation sites is 1. The molecule has 0 saturated heterocycles. The molecule has 0 aromatic heterocycles. The molecule has 1 heterocycles. The first-order valence-corrected chi connectivity index (χ1v) is 8.52. The van der Waals surface area contributed by atoms with E-state index in [2.05, 4.69) is 21.3 Å². The van der Waals surface area contributed by atoms with Gasteiger partial charge < -0.3 is 26.0 Å². The van der Waals surface area contributed by atoms with Crippen molar-refractivity contribution in [1.82, 2.24) is 5.32 Å². The average Bonchev–Trinajstić information content (AvgIpc) is 2.64. The van der Waals surface area contributed by atoms with Crippen LogP contribution in [-0.4, -0.2) is 30.5 Å². The van der Waals surface area contributed by atoms with Gasteiger partial charge in [-0.3, -0.25) is 9.59 Å². The molecular formula is C19H20N4O4. The second kappa shape index (κ2) is 8.22. The van der Waals surface area contributed by atoms with Crippen molar-refractivity contribution in [1.29, 1.82) is 0 Å². The van der Waals surface area contributed by atoms with Gasteiger partial charge in [0.05, 0.1) is 5.69 Å². The number of nitrogens with one attached hydrogen (secondary N) is 4. The minimum absolute atomic E-state index is 0.110. The molecule has 8 nitrogen and oxygen atoms in total. The van der Waals surface area contributed by atoms with E-state index in [0.29, 0.717) is 22.8 Å². The van der Waals surface area contributed by atoms with E-state index in [9.17, 15) is 14.4 Å². The number of fused-ring (bicyclic) bond motifs is 1. The summed E-state index contributed by atoms with van der Waals surface area (Å²) in [6.45, 7) is 1.85. The largest absolute Gasteiger partial charge is 0.479 e. The van der Waals surface area contributed by atoms with E-state index in [-0.39, 0.29) is 30.8 Å². The summed E-state index contributed by atoms with van der Waals surface area (Å²) < 4.78 is 5.46. The number of ether oxygens (including phenoxy) is 1. The molecule has 8 heteroatoms. The van der Waals surface area contributed by atoms with E-state index in [0.717, 1.165) is 0 Å². The van der Waals surface area contributed by atoms with Gasteiger partial charge in [-0.2, -0.15) is 0 Å². The van der Waals surface area contributed by atoms with Gasteiger partial charge in [0.2, 0.25) is 5.91 Å². The van der Waals surface area contributed by atoms with Gasteiger partial charge >= 0.3 is 6.03 Å². The molecule has 27 heavy (non-hydrogen) atoms. The highest BCUT2D eigenvalue weighted by atomic mass is 16.5. The Bertz CT molecular complexity index is 854. The summed E-state index contributed by atoms with van der Waals surface area (Å²) in [6, 6.07) is 13.7. The summed E-state index contributed by atoms with van der Waals surface area (Å²) in [7, 11) is 0. The molecule has 1 unspecified atom stereocenters. The Hall–Kier alpha value is -3.55. The number of hydrogen-bond donors (Lipinski definition) is 4. The normalized spacial score (nSPS) is 15.0. The van der Waals surface area contributed by atoms with Crippen LogP contribution < -0.4 is 26.0 Å². The highest BCUT2D eigenvalue weighted by molar-refractivity contribution is 5.99. The van der Waals surface area contributed by atoms with Crippen LogP contribution in [0.15, 0.2) is 48.5 Å².